The number of benzene rings is 2. The van der Waals surface area contributed by atoms with Crippen molar-refractivity contribution in [1.82, 2.24) is 5.32 Å². The molecule has 0 unspecified atom stereocenters. The average molecular weight is 456 g/mol. The van der Waals surface area contributed by atoms with Crippen LogP contribution in [0.1, 0.15) is 20.7 Å². The summed E-state index contributed by atoms with van der Waals surface area (Å²) in [6.45, 7) is -0.975. The van der Waals surface area contributed by atoms with Crippen LogP contribution in [0.25, 0.3) is 0 Å². The lowest BCUT2D eigenvalue weighted by Crippen LogP contribution is -2.31. The van der Waals surface area contributed by atoms with Crippen LogP contribution in [0.5, 0.6) is 17.2 Å². The molecule has 0 heterocycles. The lowest BCUT2D eigenvalue weighted by Gasteiger charge is -2.14. The van der Waals surface area contributed by atoms with E-state index in [9.17, 15) is 14.4 Å². The summed E-state index contributed by atoms with van der Waals surface area (Å²) >= 11 is 11.7. The van der Waals surface area contributed by atoms with E-state index in [0.29, 0.717) is 10.8 Å². The number of carbonyl (C=O) groups excluding carboxylic acids is 3. The molecule has 8 nitrogen and oxygen atoms in total. The Labute approximate surface area is 183 Å². The molecule has 30 heavy (non-hydrogen) atoms. The highest BCUT2D eigenvalue weighted by molar-refractivity contribution is 6.36. The fourth-order valence-electron chi connectivity index (χ4n) is 2.46. The summed E-state index contributed by atoms with van der Waals surface area (Å²) in [5.74, 6) is -0.964. The van der Waals surface area contributed by atoms with Crippen molar-refractivity contribution in [2.45, 2.75) is 0 Å². The van der Waals surface area contributed by atoms with Crippen LogP contribution in [0.15, 0.2) is 30.3 Å². The molecule has 2 aromatic carbocycles. The van der Waals surface area contributed by atoms with Gasteiger partial charge in [0.2, 0.25) is 11.5 Å². The molecule has 0 aromatic heterocycles. The average Bonchev–Trinajstić information content (AvgIpc) is 2.74. The van der Waals surface area contributed by atoms with Crippen LogP contribution in [-0.4, -0.2) is 52.1 Å². The number of carbonyl (C=O) groups is 3. The van der Waals surface area contributed by atoms with Gasteiger partial charge in [-0.05, 0) is 30.3 Å². The van der Waals surface area contributed by atoms with Crippen molar-refractivity contribution in [1.29, 1.82) is 0 Å². The van der Waals surface area contributed by atoms with Gasteiger partial charge in [0, 0.05) is 16.1 Å². The van der Waals surface area contributed by atoms with Crippen molar-refractivity contribution < 1.29 is 33.3 Å². The lowest BCUT2D eigenvalue weighted by molar-refractivity contribution is -0.141. The second-order valence-corrected chi connectivity index (χ2v) is 6.65. The van der Waals surface area contributed by atoms with Crippen molar-refractivity contribution in [3.63, 3.8) is 0 Å². The Kier molecular flexibility index (Phi) is 8.32. The predicted octanol–water partition coefficient (Wildman–Crippen LogP) is 3.18. The molecule has 0 aliphatic rings. The minimum Gasteiger partial charge on any atom is -0.493 e. The first-order chi connectivity index (χ1) is 14.3. The van der Waals surface area contributed by atoms with Gasteiger partial charge < -0.3 is 24.3 Å². The van der Waals surface area contributed by atoms with E-state index in [2.05, 4.69) is 5.32 Å². The smallest absolute Gasteiger partial charge is 0.325 e. The zero-order valence-corrected chi connectivity index (χ0v) is 17.9. The van der Waals surface area contributed by atoms with Gasteiger partial charge in [-0.25, -0.2) is 0 Å². The van der Waals surface area contributed by atoms with Gasteiger partial charge in [0.1, 0.15) is 6.54 Å². The molecule has 0 saturated heterocycles. The molecule has 0 bridgehead atoms. The topological polar surface area (TPSA) is 100 Å². The van der Waals surface area contributed by atoms with Crippen LogP contribution in [0.2, 0.25) is 10.0 Å². The highest BCUT2D eigenvalue weighted by atomic mass is 35.5. The molecule has 0 radical (unpaired) electrons. The van der Waals surface area contributed by atoms with Gasteiger partial charge in [0.05, 0.1) is 26.4 Å². The summed E-state index contributed by atoms with van der Waals surface area (Å²) in [6.07, 6.45) is 0. The first kappa shape index (κ1) is 23.3. The quantitative estimate of drug-likeness (QED) is 0.457. The van der Waals surface area contributed by atoms with E-state index in [1.165, 1.54) is 51.7 Å². The molecule has 0 fully saturated rings. The Balaban J connectivity index is 1.94. The first-order valence-electron chi connectivity index (χ1n) is 8.52. The molecule has 0 aliphatic carbocycles. The molecule has 1 N–H and O–H groups in total. The number of ether oxygens (including phenoxy) is 4. The second kappa shape index (κ2) is 10.7. The standard InChI is InChI=1S/C20H19Cl2NO7/c1-27-16-6-11(7-17(28-2)19(16)29-3)20(26)23-9-18(25)30-10-15(24)13-5-4-12(21)8-14(13)22/h4-8H,9-10H2,1-3H3,(H,23,26). The third-order valence-corrected chi connectivity index (χ3v) is 4.46. The number of rotatable bonds is 9. The van der Waals surface area contributed by atoms with Gasteiger partial charge >= 0.3 is 5.97 Å². The van der Waals surface area contributed by atoms with E-state index in [0.717, 1.165) is 0 Å². The van der Waals surface area contributed by atoms with Gasteiger partial charge in [0.25, 0.3) is 5.91 Å². The van der Waals surface area contributed by atoms with E-state index in [1.807, 2.05) is 0 Å². The zero-order chi connectivity index (χ0) is 22.3. The van der Waals surface area contributed by atoms with Crippen molar-refractivity contribution >= 4 is 40.9 Å². The molecule has 2 rings (SSSR count). The molecule has 10 heteroatoms. The Morgan fingerprint density at radius 2 is 1.57 bits per heavy atom. The Hall–Kier alpha value is -2.97. The number of ketones is 1. The minimum atomic E-state index is -0.797. The molecule has 0 saturated carbocycles. The summed E-state index contributed by atoms with van der Waals surface area (Å²) in [7, 11) is 4.27. The molecule has 1 amide bonds. The van der Waals surface area contributed by atoms with Crippen molar-refractivity contribution in [2.75, 3.05) is 34.5 Å². The van der Waals surface area contributed by atoms with Gasteiger partial charge in [-0.3, -0.25) is 14.4 Å². The van der Waals surface area contributed by atoms with Gasteiger partial charge in [-0.15, -0.1) is 0 Å². The number of halogens is 2. The number of hydrogen-bond donors (Lipinski definition) is 1. The Morgan fingerprint density at radius 1 is 0.933 bits per heavy atom. The Morgan fingerprint density at radius 3 is 2.10 bits per heavy atom. The largest absolute Gasteiger partial charge is 0.493 e. The summed E-state index contributed by atoms with van der Waals surface area (Å²) < 4.78 is 20.5. The number of nitrogens with one attached hydrogen (secondary N) is 1. The minimum absolute atomic E-state index is 0.152. The SMILES string of the molecule is COc1cc(C(=O)NCC(=O)OCC(=O)c2ccc(Cl)cc2Cl)cc(OC)c1OC. The third kappa shape index (κ3) is 5.77. The van der Waals surface area contributed by atoms with Crippen LogP contribution < -0.4 is 19.5 Å². The van der Waals surface area contributed by atoms with E-state index >= 15 is 0 Å². The molecular weight excluding hydrogens is 437 g/mol. The van der Waals surface area contributed by atoms with Crippen molar-refractivity contribution in [2.24, 2.45) is 0 Å². The van der Waals surface area contributed by atoms with E-state index in [1.54, 1.807) is 0 Å². The van der Waals surface area contributed by atoms with E-state index < -0.39 is 30.8 Å². The van der Waals surface area contributed by atoms with Crippen LogP contribution in [0.3, 0.4) is 0 Å². The second-order valence-electron chi connectivity index (χ2n) is 5.80. The molecular formula is C20H19Cl2NO7. The zero-order valence-electron chi connectivity index (χ0n) is 16.4. The summed E-state index contributed by atoms with van der Waals surface area (Å²) in [4.78, 5) is 36.4. The van der Waals surface area contributed by atoms with Crippen molar-refractivity contribution in [3.05, 3.63) is 51.5 Å². The maximum atomic E-state index is 12.4. The normalized spacial score (nSPS) is 10.2. The van der Waals surface area contributed by atoms with Gasteiger partial charge in [-0.2, -0.15) is 0 Å². The predicted molar refractivity (Wildman–Crippen MR) is 110 cm³/mol. The van der Waals surface area contributed by atoms with Gasteiger partial charge in [-0.1, -0.05) is 23.2 Å². The van der Waals surface area contributed by atoms with Gasteiger partial charge in [0.15, 0.2) is 18.1 Å². The van der Waals surface area contributed by atoms with E-state index in [-0.39, 0.29) is 27.6 Å². The number of amides is 1. The molecule has 0 aliphatic heterocycles. The lowest BCUT2D eigenvalue weighted by atomic mass is 10.1. The van der Waals surface area contributed by atoms with E-state index in [4.69, 9.17) is 42.1 Å². The number of methoxy groups -OCH3 is 3. The summed E-state index contributed by atoms with van der Waals surface area (Å²) in [5.41, 5.74) is 0.358. The number of esters is 1. The molecule has 0 spiro atoms. The summed E-state index contributed by atoms with van der Waals surface area (Å²) in [6, 6.07) is 7.23. The number of hydrogen-bond acceptors (Lipinski definition) is 7. The van der Waals surface area contributed by atoms with Crippen molar-refractivity contribution in [3.8, 4) is 17.2 Å². The molecule has 160 valence electrons. The highest BCUT2D eigenvalue weighted by Crippen LogP contribution is 2.38. The fourth-order valence-corrected chi connectivity index (χ4v) is 2.97. The third-order valence-electron chi connectivity index (χ3n) is 3.92. The first-order valence-corrected chi connectivity index (χ1v) is 9.28. The molecule has 0 atom stereocenters. The van der Waals surface area contributed by atoms with Crippen LogP contribution in [0.4, 0.5) is 0 Å². The molecule has 2 aromatic rings. The maximum absolute atomic E-state index is 12.4. The number of Topliss-reactive ketones (excluding diaryl/α,β-unsaturated/α-hetero) is 1. The monoisotopic (exact) mass is 455 g/mol. The maximum Gasteiger partial charge on any atom is 0.325 e. The fraction of sp³-hybridized carbons (Fsp3) is 0.250. The van der Waals surface area contributed by atoms with Crippen LogP contribution >= 0.6 is 23.2 Å². The highest BCUT2D eigenvalue weighted by Gasteiger charge is 2.18. The van der Waals surface area contributed by atoms with Crippen LogP contribution in [-0.2, 0) is 9.53 Å². The Bertz CT molecular complexity index is 937. The summed E-state index contributed by atoms with van der Waals surface area (Å²) in [5, 5.41) is 2.93. The van der Waals surface area contributed by atoms with Crippen LogP contribution in [0, 0.1) is 0 Å².